The zero-order valence-electron chi connectivity index (χ0n) is 11.3. The van der Waals surface area contributed by atoms with Crippen molar-refractivity contribution in [1.29, 1.82) is 0 Å². The Hall–Kier alpha value is -1.62. The number of rotatable bonds is 6. The Balaban J connectivity index is 1.77. The quantitative estimate of drug-likeness (QED) is 0.788. The first-order valence-electron chi connectivity index (χ1n) is 6.35. The molecule has 0 spiro atoms. The minimum Gasteiger partial charge on any atom is -0.331 e. The summed E-state index contributed by atoms with van der Waals surface area (Å²) >= 11 is 0. The molecule has 0 saturated carbocycles. The Kier molecular flexibility index (Phi) is 4.15. The van der Waals surface area contributed by atoms with Gasteiger partial charge in [0.2, 0.25) is 0 Å². The van der Waals surface area contributed by atoms with Crippen LogP contribution in [0.15, 0.2) is 24.9 Å². The molecule has 0 radical (unpaired) electrons. The minimum absolute atomic E-state index is 0.461. The molecule has 2 aromatic rings. The van der Waals surface area contributed by atoms with Gasteiger partial charge in [-0.25, -0.2) is 4.98 Å². The van der Waals surface area contributed by atoms with Gasteiger partial charge in [-0.3, -0.25) is 4.68 Å². The van der Waals surface area contributed by atoms with Gasteiger partial charge in [-0.2, -0.15) is 5.10 Å². The van der Waals surface area contributed by atoms with Gasteiger partial charge in [0.05, 0.1) is 18.2 Å². The average Bonchev–Trinajstić information content (AvgIpc) is 2.93. The van der Waals surface area contributed by atoms with Gasteiger partial charge in [-0.05, 0) is 32.4 Å². The molecule has 2 rings (SSSR count). The third-order valence-corrected chi connectivity index (χ3v) is 2.96. The van der Waals surface area contributed by atoms with Crippen LogP contribution in [0.5, 0.6) is 0 Å². The van der Waals surface area contributed by atoms with E-state index in [-0.39, 0.29) is 0 Å². The zero-order valence-corrected chi connectivity index (χ0v) is 11.3. The zero-order chi connectivity index (χ0) is 13.0. The summed E-state index contributed by atoms with van der Waals surface area (Å²) in [7, 11) is 1.94. The van der Waals surface area contributed by atoms with E-state index < -0.39 is 0 Å². The summed E-state index contributed by atoms with van der Waals surface area (Å²) in [6, 6.07) is 0.461. The lowest BCUT2D eigenvalue weighted by molar-refractivity contribution is 0.551. The number of hydrogen-bond donors (Lipinski definition) is 1. The van der Waals surface area contributed by atoms with Crippen LogP contribution in [0.25, 0.3) is 0 Å². The number of imidazole rings is 1. The molecular formula is C13H21N5. The second-order valence-electron chi connectivity index (χ2n) is 4.84. The highest BCUT2D eigenvalue weighted by Crippen LogP contribution is 2.08. The molecule has 0 saturated heterocycles. The molecule has 5 nitrogen and oxygen atoms in total. The molecule has 0 aliphatic carbocycles. The highest BCUT2D eigenvalue weighted by atomic mass is 15.2. The molecule has 0 aromatic carbocycles. The van der Waals surface area contributed by atoms with E-state index in [1.807, 2.05) is 30.5 Å². The lowest BCUT2D eigenvalue weighted by Crippen LogP contribution is -2.19. The molecule has 0 atom stereocenters. The number of aryl methyl sites for hydroxylation is 1. The van der Waals surface area contributed by atoms with E-state index in [0.29, 0.717) is 6.04 Å². The molecule has 0 unspecified atom stereocenters. The normalized spacial score (nSPS) is 11.3. The van der Waals surface area contributed by atoms with E-state index in [0.717, 1.165) is 19.5 Å². The Morgan fingerprint density at radius 3 is 2.83 bits per heavy atom. The molecule has 18 heavy (non-hydrogen) atoms. The first-order valence-corrected chi connectivity index (χ1v) is 6.35. The van der Waals surface area contributed by atoms with Crippen LogP contribution >= 0.6 is 0 Å². The van der Waals surface area contributed by atoms with Crippen LogP contribution in [-0.2, 0) is 20.0 Å². The SMILES string of the molecule is CC(C)n1cncc1CNCCc1cnn(C)c1. The molecule has 0 amide bonds. The highest BCUT2D eigenvalue weighted by Gasteiger charge is 2.04. The number of aromatic nitrogens is 4. The molecule has 2 heterocycles. The fourth-order valence-electron chi connectivity index (χ4n) is 1.98. The lowest BCUT2D eigenvalue weighted by Gasteiger charge is -2.12. The van der Waals surface area contributed by atoms with Gasteiger partial charge < -0.3 is 9.88 Å². The van der Waals surface area contributed by atoms with Crippen LogP contribution < -0.4 is 5.32 Å². The Bertz CT molecular complexity index is 483. The van der Waals surface area contributed by atoms with Gasteiger partial charge in [-0.1, -0.05) is 0 Å². The van der Waals surface area contributed by atoms with Crippen molar-refractivity contribution in [1.82, 2.24) is 24.6 Å². The largest absolute Gasteiger partial charge is 0.331 e. The molecule has 0 aliphatic heterocycles. The first kappa shape index (κ1) is 12.8. The maximum absolute atomic E-state index is 4.19. The van der Waals surface area contributed by atoms with Gasteiger partial charge in [-0.15, -0.1) is 0 Å². The van der Waals surface area contributed by atoms with Crippen LogP contribution in [0, 0.1) is 0 Å². The van der Waals surface area contributed by atoms with Crippen LogP contribution in [-0.4, -0.2) is 25.9 Å². The number of nitrogens with zero attached hydrogens (tertiary/aromatic N) is 4. The van der Waals surface area contributed by atoms with E-state index in [4.69, 9.17) is 0 Å². The summed E-state index contributed by atoms with van der Waals surface area (Å²) in [5, 5.41) is 7.60. The van der Waals surface area contributed by atoms with Crippen LogP contribution in [0.3, 0.4) is 0 Å². The fraction of sp³-hybridized carbons (Fsp3) is 0.538. The fourth-order valence-corrected chi connectivity index (χ4v) is 1.98. The van der Waals surface area contributed by atoms with Crippen molar-refractivity contribution in [2.75, 3.05) is 6.54 Å². The third-order valence-electron chi connectivity index (χ3n) is 2.96. The highest BCUT2D eigenvalue weighted by molar-refractivity contribution is 5.04. The molecule has 2 aromatic heterocycles. The Morgan fingerprint density at radius 2 is 2.17 bits per heavy atom. The second kappa shape index (κ2) is 5.82. The maximum Gasteiger partial charge on any atom is 0.0951 e. The number of nitrogens with one attached hydrogen (secondary N) is 1. The van der Waals surface area contributed by atoms with Gasteiger partial charge >= 0.3 is 0 Å². The Morgan fingerprint density at radius 1 is 1.33 bits per heavy atom. The van der Waals surface area contributed by atoms with E-state index in [1.54, 1.807) is 0 Å². The van der Waals surface area contributed by atoms with Crippen LogP contribution in [0.4, 0.5) is 0 Å². The number of hydrogen-bond acceptors (Lipinski definition) is 3. The Labute approximate surface area is 108 Å². The van der Waals surface area contributed by atoms with Crippen molar-refractivity contribution >= 4 is 0 Å². The van der Waals surface area contributed by atoms with Crippen molar-refractivity contribution in [3.05, 3.63) is 36.2 Å². The van der Waals surface area contributed by atoms with Crippen LogP contribution in [0.1, 0.15) is 31.1 Å². The molecule has 1 N–H and O–H groups in total. The van der Waals surface area contributed by atoms with Gasteiger partial charge in [0.15, 0.2) is 0 Å². The molecule has 0 fully saturated rings. The van der Waals surface area contributed by atoms with Crippen molar-refractivity contribution in [2.45, 2.75) is 32.9 Å². The van der Waals surface area contributed by atoms with E-state index in [2.05, 4.69) is 40.0 Å². The lowest BCUT2D eigenvalue weighted by atomic mass is 10.2. The first-order chi connectivity index (χ1) is 8.66. The molecule has 98 valence electrons. The summed E-state index contributed by atoms with van der Waals surface area (Å²) in [6.45, 7) is 6.15. The molecule has 5 heteroatoms. The second-order valence-corrected chi connectivity index (χ2v) is 4.84. The standard InChI is InChI=1S/C13H21N5/c1-11(2)18-10-15-8-13(18)7-14-5-4-12-6-16-17(3)9-12/h6,8-11,14H,4-5,7H2,1-3H3. The average molecular weight is 247 g/mol. The smallest absolute Gasteiger partial charge is 0.0951 e. The van der Waals surface area contributed by atoms with E-state index in [1.165, 1.54) is 11.3 Å². The molecule has 0 aliphatic rings. The summed E-state index contributed by atoms with van der Waals surface area (Å²) < 4.78 is 4.03. The molecular weight excluding hydrogens is 226 g/mol. The summed E-state index contributed by atoms with van der Waals surface area (Å²) in [6.07, 6.45) is 8.80. The van der Waals surface area contributed by atoms with Crippen molar-refractivity contribution < 1.29 is 0 Å². The predicted octanol–water partition coefficient (Wildman–Crippen LogP) is 1.53. The van der Waals surface area contributed by atoms with Gasteiger partial charge in [0.25, 0.3) is 0 Å². The van der Waals surface area contributed by atoms with Crippen molar-refractivity contribution in [2.24, 2.45) is 7.05 Å². The van der Waals surface area contributed by atoms with E-state index >= 15 is 0 Å². The molecule has 0 bridgehead atoms. The topological polar surface area (TPSA) is 47.7 Å². The maximum atomic E-state index is 4.19. The summed E-state index contributed by atoms with van der Waals surface area (Å²) in [5.74, 6) is 0. The third kappa shape index (κ3) is 3.20. The minimum atomic E-state index is 0.461. The van der Waals surface area contributed by atoms with Crippen molar-refractivity contribution in [3.63, 3.8) is 0 Å². The predicted molar refractivity (Wildman–Crippen MR) is 71.2 cm³/mol. The monoisotopic (exact) mass is 247 g/mol. The summed E-state index contributed by atoms with van der Waals surface area (Å²) in [5.41, 5.74) is 2.50. The van der Waals surface area contributed by atoms with E-state index in [9.17, 15) is 0 Å². The van der Waals surface area contributed by atoms with Gasteiger partial charge in [0.1, 0.15) is 0 Å². The summed E-state index contributed by atoms with van der Waals surface area (Å²) in [4.78, 5) is 4.19. The van der Waals surface area contributed by atoms with Crippen molar-refractivity contribution in [3.8, 4) is 0 Å². The van der Waals surface area contributed by atoms with Crippen LogP contribution in [0.2, 0.25) is 0 Å². The van der Waals surface area contributed by atoms with Gasteiger partial charge in [0, 0.05) is 32.0 Å².